The van der Waals surface area contributed by atoms with E-state index >= 15 is 0 Å². The molecule has 0 aliphatic heterocycles. The summed E-state index contributed by atoms with van der Waals surface area (Å²) in [6.45, 7) is 0. The van der Waals surface area contributed by atoms with Gasteiger partial charge in [0.15, 0.2) is 0 Å². The van der Waals surface area contributed by atoms with Crippen molar-refractivity contribution in [3.8, 4) is 17.3 Å². The number of carbonyl (C=O) groups excluding carboxylic acids is 1. The highest BCUT2D eigenvalue weighted by Gasteiger charge is 2.14. The number of hydrogen-bond acceptors (Lipinski definition) is 3. The largest absolute Gasteiger partial charge is 0.322 e. The van der Waals surface area contributed by atoms with Crippen LogP contribution in [0, 0.1) is 11.3 Å². The number of hydrogen-bond donors (Lipinski definition) is 1. The maximum atomic E-state index is 13.0. The molecule has 0 atom stereocenters. The topological polar surface area (TPSA) is 65.8 Å². The lowest BCUT2D eigenvalue weighted by molar-refractivity contribution is 0.102. The molecule has 1 aromatic heterocycles. The molecule has 27 heavy (non-hydrogen) atoms. The molecule has 4 aromatic rings. The molecule has 0 fully saturated rings. The zero-order valence-electron chi connectivity index (χ0n) is 14.4. The van der Waals surface area contributed by atoms with Crippen LogP contribution < -0.4 is 5.32 Å². The van der Waals surface area contributed by atoms with Crippen LogP contribution in [0.3, 0.4) is 0 Å². The summed E-state index contributed by atoms with van der Waals surface area (Å²) in [5, 5.41) is 12.6. The molecule has 1 heterocycles. The number of carbonyl (C=O) groups is 1. The lowest BCUT2D eigenvalue weighted by atomic mass is 10.0. The van der Waals surface area contributed by atoms with Crippen LogP contribution in [0.5, 0.6) is 0 Å². The summed E-state index contributed by atoms with van der Waals surface area (Å²) >= 11 is 0. The zero-order chi connectivity index (χ0) is 18.6. The van der Waals surface area contributed by atoms with Crippen molar-refractivity contribution >= 4 is 22.5 Å². The Labute approximate surface area is 156 Å². The number of nitrogens with zero attached hydrogens (tertiary/aromatic N) is 2. The maximum Gasteiger partial charge on any atom is 0.256 e. The lowest BCUT2D eigenvalue weighted by Gasteiger charge is -2.11. The van der Waals surface area contributed by atoms with Gasteiger partial charge >= 0.3 is 0 Å². The Balaban J connectivity index is 1.77. The minimum absolute atomic E-state index is 0.213. The second-order valence-corrected chi connectivity index (χ2v) is 6.08. The molecule has 128 valence electrons. The third-order valence-corrected chi connectivity index (χ3v) is 4.30. The van der Waals surface area contributed by atoms with Gasteiger partial charge in [0, 0.05) is 16.6 Å². The van der Waals surface area contributed by atoms with Crippen LogP contribution in [0.1, 0.15) is 15.9 Å². The highest BCUT2D eigenvalue weighted by molar-refractivity contribution is 6.13. The fourth-order valence-corrected chi connectivity index (χ4v) is 2.95. The van der Waals surface area contributed by atoms with E-state index in [0.29, 0.717) is 16.8 Å². The third-order valence-electron chi connectivity index (χ3n) is 4.30. The van der Waals surface area contributed by atoms with Crippen molar-refractivity contribution in [2.24, 2.45) is 0 Å². The second-order valence-electron chi connectivity index (χ2n) is 6.08. The van der Waals surface area contributed by atoms with E-state index in [2.05, 4.69) is 11.4 Å². The molecule has 4 rings (SSSR count). The molecule has 0 bridgehead atoms. The van der Waals surface area contributed by atoms with Crippen molar-refractivity contribution in [1.82, 2.24) is 4.98 Å². The Bertz CT molecular complexity index is 1160. The Hall–Kier alpha value is -3.97. The summed E-state index contributed by atoms with van der Waals surface area (Å²) in [5.74, 6) is -0.213. The van der Waals surface area contributed by atoms with Gasteiger partial charge in [-0.2, -0.15) is 5.26 Å². The van der Waals surface area contributed by atoms with E-state index in [4.69, 9.17) is 10.2 Å². The number of nitriles is 1. The molecule has 1 amide bonds. The Morgan fingerprint density at radius 1 is 0.889 bits per heavy atom. The summed E-state index contributed by atoms with van der Waals surface area (Å²) in [4.78, 5) is 17.7. The van der Waals surface area contributed by atoms with E-state index in [9.17, 15) is 4.79 Å². The van der Waals surface area contributed by atoms with Crippen LogP contribution in [0.2, 0.25) is 0 Å². The van der Waals surface area contributed by atoms with Gasteiger partial charge in [-0.3, -0.25) is 4.79 Å². The van der Waals surface area contributed by atoms with Crippen LogP contribution >= 0.6 is 0 Å². The molecule has 0 saturated carbocycles. The van der Waals surface area contributed by atoms with E-state index in [1.807, 2.05) is 60.7 Å². The van der Waals surface area contributed by atoms with Gasteiger partial charge in [0.25, 0.3) is 5.91 Å². The standard InChI is InChI=1S/C23H15N3O/c24-15-16-10-12-18(13-11-16)25-23(27)20-14-22(17-6-2-1-3-7-17)26-21-9-5-4-8-19(20)21/h1-14H,(H,25,27). The van der Waals surface area contributed by atoms with Crippen LogP contribution in [0.4, 0.5) is 5.69 Å². The lowest BCUT2D eigenvalue weighted by Crippen LogP contribution is -2.13. The number of amides is 1. The van der Waals surface area contributed by atoms with E-state index in [1.54, 1.807) is 24.3 Å². The van der Waals surface area contributed by atoms with Gasteiger partial charge in [-0.15, -0.1) is 0 Å². The minimum Gasteiger partial charge on any atom is -0.322 e. The summed E-state index contributed by atoms with van der Waals surface area (Å²) in [6, 6.07) is 28.1. The first-order chi connectivity index (χ1) is 13.2. The van der Waals surface area contributed by atoms with Gasteiger partial charge in [-0.1, -0.05) is 48.5 Å². The molecule has 4 heteroatoms. The number of anilines is 1. The fraction of sp³-hybridized carbons (Fsp3) is 0. The normalized spacial score (nSPS) is 10.3. The molecule has 4 nitrogen and oxygen atoms in total. The molecule has 0 aliphatic carbocycles. The number of pyridine rings is 1. The Morgan fingerprint density at radius 3 is 2.33 bits per heavy atom. The van der Waals surface area contributed by atoms with Crippen molar-refractivity contribution in [3.63, 3.8) is 0 Å². The molecule has 0 saturated heterocycles. The van der Waals surface area contributed by atoms with E-state index in [-0.39, 0.29) is 5.91 Å². The van der Waals surface area contributed by atoms with E-state index in [1.165, 1.54) is 0 Å². The van der Waals surface area contributed by atoms with Crippen molar-refractivity contribution in [2.45, 2.75) is 0 Å². The van der Waals surface area contributed by atoms with Gasteiger partial charge in [-0.05, 0) is 36.4 Å². The van der Waals surface area contributed by atoms with Crippen molar-refractivity contribution in [2.75, 3.05) is 5.32 Å². The minimum atomic E-state index is -0.213. The van der Waals surface area contributed by atoms with Gasteiger partial charge in [-0.25, -0.2) is 4.98 Å². The first kappa shape index (κ1) is 16.5. The Morgan fingerprint density at radius 2 is 1.59 bits per heavy atom. The van der Waals surface area contributed by atoms with Crippen molar-refractivity contribution < 1.29 is 4.79 Å². The molecule has 1 N–H and O–H groups in total. The zero-order valence-corrected chi connectivity index (χ0v) is 14.4. The molecule has 0 unspecified atom stereocenters. The van der Waals surface area contributed by atoms with E-state index in [0.717, 1.165) is 22.2 Å². The predicted octanol–water partition coefficient (Wildman–Crippen LogP) is 5.03. The molecular weight excluding hydrogens is 334 g/mol. The smallest absolute Gasteiger partial charge is 0.256 e. The number of fused-ring (bicyclic) bond motifs is 1. The van der Waals surface area contributed by atoms with Gasteiger partial charge in [0.2, 0.25) is 0 Å². The number of para-hydroxylation sites is 1. The summed E-state index contributed by atoms with van der Waals surface area (Å²) in [6.07, 6.45) is 0. The van der Waals surface area contributed by atoms with Gasteiger partial charge < -0.3 is 5.32 Å². The van der Waals surface area contributed by atoms with Crippen LogP contribution in [-0.2, 0) is 0 Å². The highest BCUT2D eigenvalue weighted by atomic mass is 16.1. The van der Waals surface area contributed by atoms with Crippen molar-refractivity contribution in [3.05, 3.63) is 96.1 Å². The van der Waals surface area contributed by atoms with Crippen LogP contribution in [-0.4, -0.2) is 10.9 Å². The van der Waals surface area contributed by atoms with Crippen LogP contribution in [0.25, 0.3) is 22.2 Å². The molecule has 0 spiro atoms. The van der Waals surface area contributed by atoms with Crippen molar-refractivity contribution in [1.29, 1.82) is 5.26 Å². The first-order valence-corrected chi connectivity index (χ1v) is 8.51. The number of benzene rings is 3. The second kappa shape index (κ2) is 7.11. The molecule has 3 aromatic carbocycles. The Kier molecular flexibility index (Phi) is 4.34. The summed E-state index contributed by atoms with van der Waals surface area (Å²) in [5.41, 5.74) is 4.22. The SMILES string of the molecule is N#Cc1ccc(NC(=O)c2cc(-c3ccccc3)nc3ccccc23)cc1. The number of rotatable bonds is 3. The quantitative estimate of drug-likeness (QED) is 0.564. The summed E-state index contributed by atoms with van der Waals surface area (Å²) < 4.78 is 0. The third kappa shape index (κ3) is 3.39. The van der Waals surface area contributed by atoms with Gasteiger partial charge in [0.1, 0.15) is 0 Å². The highest BCUT2D eigenvalue weighted by Crippen LogP contribution is 2.25. The molecule has 0 radical (unpaired) electrons. The van der Waals surface area contributed by atoms with E-state index < -0.39 is 0 Å². The maximum absolute atomic E-state index is 13.0. The van der Waals surface area contributed by atoms with Crippen LogP contribution in [0.15, 0.2) is 84.9 Å². The van der Waals surface area contributed by atoms with Gasteiger partial charge in [0.05, 0.1) is 28.4 Å². The number of nitrogens with one attached hydrogen (secondary N) is 1. The first-order valence-electron chi connectivity index (χ1n) is 8.51. The molecular formula is C23H15N3O. The summed E-state index contributed by atoms with van der Waals surface area (Å²) in [7, 11) is 0. The molecule has 0 aliphatic rings. The average Bonchev–Trinajstić information content (AvgIpc) is 2.74. The predicted molar refractivity (Wildman–Crippen MR) is 106 cm³/mol. The number of aromatic nitrogens is 1. The monoisotopic (exact) mass is 349 g/mol. The average molecular weight is 349 g/mol. The fourth-order valence-electron chi connectivity index (χ4n) is 2.95.